The Morgan fingerprint density at radius 3 is 2.41 bits per heavy atom. The highest BCUT2D eigenvalue weighted by atomic mass is 28.4. The summed E-state index contributed by atoms with van der Waals surface area (Å²) in [6, 6.07) is 12.9. The predicted octanol–water partition coefficient (Wildman–Crippen LogP) is 5.27. The van der Waals surface area contributed by atoms with Crippen molar-refractivity contribution >= 4 is 30.9 Å². The van der Waals surface area contributed by atoms with Crippen LogP contribution in [0, 0.1) is 0 Å². The van der Waals surface area contributed by atoms with Gasteiger partial charge in [-0.3, -0.25) is 14.8 Å². The zero-order valence-electron chi connectivity index (χ0n) is 16.4. The van der Waals surface area contributed by atoms with Gasteiger partial charge in [0.1, 0.15) is 5.75 Å². The Hall–Kier alpha value is -2.73. The highest BCUT2D eigenvalue weighted by molar-refractivity contribution is 6.74. The summed E-state index contributed by atoms with van der Waals surface area (Å²) in [5.74, 6) is 0.593. The van der Waals surface area contributed by atoms with E-state index in [1.54, 1.807) is 30.6 Å². The van der Waals surface area contributed by atoms with E-state index in [0.29, 0.717) is 16.8 Å². The van der Waals surface area contributed by atoms with Crippen molar-refractivity contribution in [1.82, 2.24) is 9.97 Å². The molecule has 0 aliphatic rings. The molecule has 5 nitrogen and oxygen atoms in total. The van der Waals surface area contributed by atoms with Crippen molar-refractivity contribution < 1.29 is 9.22 Å². The van der Waals surface area contributed by atoms with Crippen LogP contribution >= 0.6 is 0 Å². The van der Waals surface area contributed by atoms with Gasteiger partial charge in [0, 0.05) is 29.7 Å². The third kappa shape index (κ3) is 4.34. The summed E-state index contributed by atoms with van der Waals surface area (Å²) >= 11 is 0. The first-order chi connectivity index (χ1) is 12.7. The van der Waals surface area contributed by atoms with Gasteiger partial charge in [-0.25, -0.2) is 0 Å². The summed E-state index contributed by atoms with van der Waals surface area (Å²) in [6.07, 6.45) is 3.25. The van der Waals surface area contributed by atoms with E-state index in [9.17, 15) is 4.79 Å². The fourth-order valence-electron chi connectivity index (χ4n) is 2.39. The third-order valence-electron chi connectivity index (χ3n) is 5.00. The first kappa shape index (κ1) is 19.0. The number of carbonyl (C=O) groups is 1. The fraction of sp³-hybridized carbons (Fsp3) is 0.286. The van der Waals surface area contributed by atoms with Gasteiger partial charge >= 0.3 is 0 Å². The van der Waals surface area contributed by atoms with Crippen LogP contribution in [0.25, 0.3) is 11.0 Å². The van der Waals surface area contributed by atoms with Crippen molar-refractivity contribution in [3.8, 4) is 5.75 Å². The smallest absolute Gasteiger partial charge is 0.255 e. The van der Waals surface area contributed by atoms with Crippen LogP contribution in [-0.2, 0) is 0 Å². The number of nitrogens with one attached hydrogen (secondary N) is 1. The molecule has 27 heavy (non-hydrogen) atoms. The van der Waals surface area contributed by atoms with Gasteiger partial charge in [-0.15, -0.1) is 0 Å². The Kier molecular flexibility index (Phi) is 5.02. The van der Waals surface area contributed by atoms with E-state index in [1.807, 2.05) is 24.3 Å². The van der Waals surface area contributed by atoms with Gasteiger partial charge in [0.05, 0.1) is 11.0 Å². The molecule has 140 valence electrons. The molecule has 0 aliphatic carbocycles. The maximum atomic E-state index is 12.6. The van der Waals surface area contributed by atoms with Crippen molar-refractivity contribution in [3.05, 3.63) is 60.4 Å². The van der Waals surface area contributed by atoms with E-state index < -0.39 is 8.32 Å². The Morgan fingerprint density at radius 1 is 1.00 bits per heavy atom. The summed E-state index contributed by atoms with van der Waals surface area (Å²) < 4.78 is 6.32. The zero-order chi connectivity index (χ0) is 19.7. The lowest BCUT2D eigenvalue weighted by atomic mass is 10.1. The molecule has 2 aromatic carbocycles. The lowest BCUT2D eigenvalue weighted by Crippen LogP contribution is -2.43. The molecule has 1 aromatic heterocycles. The predicted molar refractivity (Wildman–Crippen MR) is 112 cm³/mol. The molecular formula is C21H25N3O2Si. The topological polar surface area (TPSA) is 64.1 Å². The maximum absolute atomic E-state index is 12.6. The number of benzene rings is 2. The van der Waals surface area contributed by atoms with Crippen molar-refractivity contribution in [2.45, 2.75) is 38.9 Å². The molecule has 0 saturated carbocycles. The Morgan fingerprint density at radius 2 is 1.70 bits per heavy atom. The minimum absolute atomic E-state index is 0.110. The molecule has 6 heteroatoms. The summed E-state index contributed by atoms with van der Waals surface area (Å²) in [4.78, 5) is 21.1. The fourth-order valence-corrected chi connectivity index (χ4v) is 3.42. The van der Waals surface area contributed by atoms with Crippen LogP contribution < -0.4 is 9.74 Å². The van der Waals surface area contributed by atoms with Gasteiger partial charge in [0.25, 0.3) is 5.91 Å². The van der Waals surface area contributed by atoms with Gasteiger partial charge in [0.15, 0.2) is 0 Å². The molecule has 0 atom stereocenters. The standard InChI is InChI=1S/C21H25N3O2Si/c1-21(2,3)27(4,5)26-17-8-6-7-16(14-17)24-20(25)15-9-10-18-19(13-15)23-12-11-22-18/h6-14H,1-5H3,(H,24,25). The first-order valence-electron chi connectivity index (χ1n) is 8.97. The number of carbonyl (C=O) groups excluding carboxylic acids is 1. The number of amides is 1. The van der Waals surface area contributed by atoms with Gasteiger partial charge in [-0.05, 0) is 48.5 Å². The molecule has 0 aliphatic heterocycles. The second-order valence-corrected chi connectivity index (χ2v) is 12.8. The van der Waals surface area contributed by atoms with Gasteiger partial charge in [0.2, 0.25) is 8.32 Å². The summed E-state index contributed by atoms with van der Waals surface area (Å²) in [5.41, 5.74) is 2.70. The number of fused-ring (bicyclic) bond motifs is 1. The molecule has 1 amide bonds. The van der Waals surface area contributed by atoms with Crippen molar-refractivity contribution in [2.75, 3.05) is 5.32 Å². The van der Waals surface area contributed by atoms with Crippen LogP contribution in [0.15, 0.2) is 54.9 Å². The molecule has 0 bridgehead atoms. The average molecular weight is 380 g/mol. The van der Waals surface area contributed by atoms with Gasteiger partial charge < -0.3 is 9.74 Å². The van der Waals surface area contributed by atoms with Crippen LogP contribution in [-0.4, -0.2) is 24.2 Å². The van der Waals surface area contributed by atoms with Crippen molar-refractivity contribution in [2.24, 2.45) is 0 Å². The van der Waals surface area contributed by atoms with E-state index in [2.05, 4.69) is 49.1 Å². The number of aromatic nitrogens is 2. The van der Waals surface area contributed by atoms with Crippen LogP contribution in [0.1, 0.15) is 31.1 Å². The molecule has 0 radical (unpaired) electrons. The average Bonchev–Trinajstić information content (AvgIpc) is 2.60. The molecule has 0 fully saturated rings. The van der Waals surface area contributed by atoms with E-state index in [0.717, 1.165) is 11.3 Å². The molecule has 3 rings (SSSR count). The zero-order valence-corrected chi connectivity index (χ0v) is 17.4. The van der Waals surface area contributed by atoms with Crippen LogP contribution in [0.5, 0.6) is 5.75 Å². The van der Waals surface area contributed by atoms with Gasteiger partial charge in [-0.1, -0.05) is 26.8 Å². The van der Waals surface area contributed by atoms with Crippen LogP contribution in [0.4, 0.5) is 5.69 Å². The summed E-state index contributed by atoms with van der Waals surface area (Å²) in [6.45, 7) is 11.0. The second-order valence-electron chi connectivity index (χ2n) is 8.10. The number of rotatable bonds is 4. The van der Waals surface area contributed by atoms with Crippen LogP contribution in [0.2, 0.25) is 18.1 Å². The van der Waals surface area contributed by atoms with E-state index in [-0.39, 0.29) is 10.9 Å². The largest absolute Gasteiger partial charge is 0.543 e. The minimum atomic E-state index is -1.93. The van der Waals surface area contributed by atoms with E-state index >= 15 is 0 Å². The Labute approximate surface area is 160 Å². The molecule has 0 spiro atoms. The minimum Gasteiger partial charge on any atom is -0.543 e. The molecule has 3 aromatic rings. The number of hydrogen-bond donors (Lipinski definition) is 1. The van der Waals surface area contributed by atoms with Gasteiger partial charge in [-0.2, -0.15) is 0 Å². The highest BCUT2D eigenvalue weighted by Gasteiger charge is 2.38. The van der Waals surface area contributed by atoms with Crippen LogP contribution in [0.3, 0.4) is 0 Å². The monoisotopic (exact) mass is 379 g/mol. The normalized spacial score (nSPS) is 12.0. The lowest BCUT2D eigenvalue weighted by molar-refractivity contribution is 0.102. The summed E-state index contributed by atoms with van der Waals surface area (Å²) in [5, 5.41) is 3.05. The number of nitrogens with zero attached hydrogens (tertiary/aromatic N) is 2. The SMILES string of the molecule is CC(C)(C)[Si](C)(C)Oc1cccc(NC(=O)c2ccc3nccnc3c2)c1. The van der Waals surface area contributed by atoms with E-state index in [4.69, 9.17) is 4.43 Å². The van der Waals surface area contributed by atoms with E-state index in [1.165, 1.54) is 0 Å². The first-order valence-corrected chi connectivity index (χ1v) is 11.9. The third-order valence-corrected chi connectivity index (χ3v) is 9.36. The number of hydrogen-bond acceptors (Lipinski definition) is 4. The summed E-state index contributed by atoms with van der Waals surface area (Å²) in [7, 11) is -1.93. The molecule has 0 unspecified atom stereocenters. The molecule has 1 N–H and O–H groups in total. The second kappa shape index (κ2) is 7.11. The molecule has 1 heterocycles. The Balaban J connectivity index is 1.78. The molecule has 0 saturated heterocycles. The lowest BCUT2D eigenvalue weighted by Gasteiger charge is -2.36. The van der Waals surface area contributed by atoms with Crippen molar-refractivity contribution in [1.29, 1.82) is 0 Å². The maximum Gasteiger partial charge on any atom is 0.255 e. The highest BCUT2D eigenvalue weighted by Crippen LogP contribution is 2.37. The quantitative estimate of drug-likeness (QED) is 0.628. The molecular weight excluding hydrogens is 354 g/mol. The van der Waals surface area contributed by atoms with Crippen molar-refractivity contribution in [3.63, 3.8) is 0 Å². The Bertz CT molecular complexity index is 980. The number of anilines is 1.